The van der Waals surface area contributed by atoms with Gasteiger partial charge in [-0.3, -0.25) is 0 Å². The predicted molar refractivity (Wildman–Crippen MR) is 53.8 cm³/mol. The summed E-state index contributed by atoms with van der Waals surface area (Å²) in [5.41, 5.74) is 2.33. The molecule has 0 spiro atoms. The van der Waals surface area contributed by atoms with Crippen LogP contribution < -0.4 is 9.64 Å². The molecule has 0 unspecified atom stereocenters. The van der Waals surface area contributed by atoms with Gasteiger partial charge in [0.25, 0.3) is 0 Å². The SMILES string of the molecule is CC(C)=C1Oc2ccccc2N1C. The molecular formula is C11H13NO. The Morgan fingerprint density at radius 2 is 1.92 bits per heavy atom. The number of ether oxygens (including phenoxy) is 1. The Morgan fingerprint density at radius 3 is 2.54 bits per heavy atom. The van der Waals surface area contributed by atoms with E-state index in [0.29, 0.717) is 0 Å². The monoisotopic (exact) mass is 175 g/mol. The van der Waals surface area contributed by atoms with E-state index in [4.69, 9.17) is 4.74 Å². The van der Waals surface area contributed by atoms with Crippen molar-refractivity contribution in [3.05, 3.63) is 35.7 Å². The van der Waals surface area contributed by atoms with Gasteiger partial charge in [0.05, 0.1) is 5.69 Å². The summed E-state index contributed by atoms with van der Waals surface area (Å²) in [6, 6.07) is 8.06. The first-order valence-electron chi connectivity index (χ1n) is 4.38. The molecule has 1 aliphatic rings. The highest BCUT2D eigenvalue weighted by molar-refractivity contribution is 5.65. The van der Waals surface area contributed by atoms with Crippen LogP contribution in [0, 0.1) is 0 Å². The van der Waals surface area contributed by atoms with Crippen molar-refractivity contribution in [2.24, 2.45) is 0 Å². The zero-order valence-corrected chi connectivity index (χ0v) is 8.16. The van der Waals surface area contributed by atoms with Gasteiger partial charge in [-0.15, -0.1) is 0 Å². The van der Waals surface area contributed by atoms with Gasteiger partial charge in [-0.05, 0) is 31.6 Å². The Hall–Kier alpha value is -1.44. The quantitative estimate of drug-likeness (QED) is 0.601. The van der Waals surface area contributed by atoms with Gasteiger partial charge < -0.3 is 9.64 Å². The lowest BCUT2D eigenvalue weighted by Crippen LogP contribution is -2.14. The summed E-state index contributed by atoms with van der Waals surface area (Å²) in [6.45, 7) is 4.11. The van der Waals surface area contributed by atoms with E-state index in [1.54, 1.807) is 0 Å². The van der Waals surface area contributed by atoms with Crippen LogP contribution in [0.2, 0.25) is 0 Å². The topological polar surface area (TPSA) is 12.5 Å². The van der Waals surface area contributed by atoms with Crippen LogP contribution in [0.15, 0.2) is 35.7 Å². The van der Waals surface area contributed by atoms with Crippen LogP contribution in [0.4, 0.5) is 5.69 Å². The van der Waals surface area contributed by atoms with Crippen molar-refractivity contribution < 1.29 is 4.74 Å². The van der Waals surface area contributed by atoms with E-state index in [2.05, 4.69) is 24.8 Å². The van der Waals surface area contributed by atoms with E-state index < -0.39 is 0 Å². The Morgan fingerprint density at radius 1 is 1.23 bits per heavy atom. The van der Waals surface area contributed by atoms with Gasteiger partial charge in [-0.1, -0.05) is 12.1 Å². The average molecular weight is 175 g/mol. The average Bonchev–Trinajstić information content (AvgIpc) is 2.45. The number of benzene rings is 1. The molecule has 0 N–H and O–H groups in total. The summed E-state index contributed by atoms with van der Waals surface area (Å²) in [7, 11) is 2.02. The maximum absolute atomic E-state index is 5.69. The van der Waals surface area contributed by atoms with Gasteiger partial charge >= 0.3 is 0 Å². The van der Waals surface area contributed by atoms with Crippen molar-refractivity contribution in [1.29, 1.82) is 0 Å². The normalized spacial score (nSPS) is 14.1. The predicted octanol–water partition coefficient (Wildman–Crippen LogP) is 2.77. The Balaban J connectivity index is 2.50. The lowest BCUT2D eigenvalue weighted by atomic mass is 10.3. The Bertz CT molecular complexity index is 364. The van der Waals surface area contributed by atoms with Crippen LogP contribution in [-0.2, 0) is 0 Å². The van der Waals surface area contributed by atoms with Gasteiger partial charge in [0, 0.05) is 7.05 Å². The van der Waals surface area contributed by atoms with Crippen molar-refractivity contribution in [2.45, 2.75) is 13.8 Å². The molecule has 13 heavy (non-hydrogen) atoms. The third-order valence-electron chi connectivity index (χ3n) is 2.17. The third kappa shape index (κ3) is 1.18. The first-order chi connectivity index (χ1) is 6.20. The second kappa shape index (κ2) is 2.80. The fraction of sp³-hybridized carbons (Fsp3) is 0.273. The number of allylic oxidation sites excluding steroid dienone is 1. The summed E-state index contributed by atoms with van der Waals surface area (Å²) < 4.78 is 5.69. The number of nitrogens with zero attached hydrogens (tertiary/aromatic N) is 1. The fourth-order valence-electron chi connectivity index (χ4n) is 1.54. The molecule has 2 rings (SSSR count). The zero-order valence-electron chi connectivity index (χ0n) is 8.16. The minimum absolute atomic E-state index is 0.946. The molecule has 1 aromatic carbocycles. The summed E-state index contributed by atoms with van der Waals surface area (Å²) >= 11 is 0. The van der Waals surface area contributed by atoms with Gasteiger partial charge in [0.2, 0.25) is 0 Å². The largest absolute Gasteiger partial charge is 0.439 e. The van der Waals surface area contributed by atoms with Gasteiger partial charge in [-0.2, -0.15) is 0 Å². The number of rotatable bonds is 0. The van der Waals surface area contributed by atoms with Gasteiger partial charge in [0.1, 0.15) is 0 Å². The van der Waals surface area contributed by atoms with Crippen molar-refractivity contribution >= 4 is 5.69 Å². The first kappa shape index (κ1) is 8.17. The zero-order chi connectivity index (χ0) is 9.42. The molecule has 2 heteroatoms. The molecule has 0 atom stereocenters. The highest BCUT2D eigenvalue weighted by atomic mass is 16.5. The van der Waals surface area contributed by atoms with E-state index in [9.17, 15) is 0 Å². The van der Waals surface area contributed by atoms with Crippen LogP contribution in [-0.4, -0.2) is 7.05 Å². The lowest BCUT2D eigenvalue weighted by molar-refractivity contribution is 0.437. The Labute approximate surface area is 78.4 Å². The molecule has 0 fully saturated rings. The smallest absolute Gasteiger partial charge is 0.199 e. The van der Waals surface area contributed by atoms with E-state index in [-0.39, 0.29) is 0 Å². The first-order valence-corrected chi connectivity index (χ1v) is 4.38. The fourth-order valence-corrected chi connectivity index (χ4v) is 1.54. The van der Waals surface area contributed by atoms with E-state index in [1.165, 1.54) is 5.57 Å². The Kier molecular flexibility index (Phi) is 1.76. The highest BCUT2D eigenvalue weighted by Gasteiger charge is 2.22. The number of hydrogen-bond donors (Lipinski definition) is 0. The molecule has 0 radical (unpaired) electrons. The second-order valence-electron chi connectivity index (χ2n) is 3.43. The number of para-hydroxylation sites is 2. The minimum Gasteiger partial charge on any atom is -0.439 e. The van der Waals surface area contributed by atoms with Crippen LogP contribution in [0.1, 0.15) is 13.8 Å². The summed E-state index contributed by atoms with van der Waals surface area (Å²) in [5.74, 6) is 1.89. The molecule has 0 aromatic heterocycles. The molecule has 0 amide bonds. The maximum Gasteiger partial charge on any atom is 0.199 e. The van der Waals surface area contributed by atoms with Crippen LogP contribution in [0.25, 0.3) is 0 Å². The molecule has 0 saturated carbocycles. The maximum atomic E-state index is 5.69. The van der Waals surface area contributed by atoms with Crippen molar-refractivity contribution in [1.82, 2.24) is 0 Å². The molecular weight excluding hydrogens is 162 g/mol. The molecule has 0 bridgehead atoms. The van der Waals surface area contributed by atoms with Gasteiger partial charge in [0.15, 0.2) is 11.6 Å². The van der Waals surface area contributed by atoms with Crippen molar-refractivity contribution in [3.8, 4) is 5.75 Å². The number of fused-ring (bicyclic) bond motifs is 1. The van der Waals surface area contributed by atoms with E-state index in [0.717, 1.165) is 17.3 Å². The molecule has 2 nitrogen and oxygen atoms in total. The molecule has 1 aliphatic heterocycles. The van der Waals surface area contributed by atoms with Crippen LogP contribution >= 0.6 is 0 Å². The van der Waals surface area contributed by atoms with E-state index >= 15 is 0 Å². The van der Waals surface area contributed by atoms with Crippen LogP contribution in [0.5, 0.6) is 5.75 Å². The third-order valence-corrected chi connectivity index (χ3v) is 2.17. The molecule has 1 heterocycles. The van der Waals surface area contributed by atoms with E-state index in [1.807, 2.05) is 25.2 Å². The number of anilines is 1. The number of hydrogen-bond acceptors (Lipinski definition) is 2. The van der Waals surface area contributed by atoms with Crippen molar-refractivity contribution in [2.75, 3.05) is 11.9 Å². The molecule has 0 saturated heterocycles. The molecule has 0 aliphatic carbocycles. The van der Waals surface area contributed by atoms with Gasteiger partial charge in [-0.25, -0.2) is 0 Å². The highest BCUT2D eigenvalue weighted by Crippen LogP contribution is 2.38. The van der Waals surface area contributed by atoms with Crippen LogP contribution in [0.3, 0.4) is 0 Å². The second-order valence-corrected chi connectivity index (χ2v) is 3.43. The summed E-state index contributed by atoms with van der Waals surface area (Å²) in [6.07, 6.45) is 0. The standard InChI is InChI=1S/C11H13NO/c1-8(2)11-12(3)9-6-4-5-7-10(9)13-11/h4-7H,1-3H3. The van der Waals surface area contributed by atoms with Crippen molar-refractivity contribution in [3.63, 3.8) is 0 Å². The molecule has 1 aromatic rings. The summed E-state index contributed by atoms with van der Waals surface area (Å²) in [4.78, 5) is 2.07. The molecule has 68 valence electrons. The minimum atomic E-state index is 0.946. The lowest BCUT2D eigenvalue weighted by Gasteiger charge is -2.12. The summed E-state index contributed by atoms with van der Waals surface area (Å²) in [5, 5.41) is 0.